The van der Waals surface area contributed by atoms with Gasteiger partial charge in [-0.2, -0.15) is 0 Å². The van der Waals surface area contributed by atoms with Crippen LogP contribution in [0.2, 0.25) is 0 Å². The van der Waals surface area contributed by atoms with Crippen molar-refractivity contribution in [2.75, 3.05) is 12.4 Å². The Morgan fingerprint density at radius 1 is 1.25 bits per heavy atom. The molecule has 0 aliphatic rings. The molecular weight excluding hydrogens is 256 g/mol. The molecule has 20 heavy (non-hydrogen) atoms. The highest BCUT2D eigenvalue weighted by Gasteiger charge is 2.10. The van der Waals surface area contributed by atoms with Crippen LogP contribution in [0.5, 0.6) is 5.75 Å². The Bertz CT molecular complexity index is 661. The minimum absolute atomic E-state index is 0.623. The average molecular weight is 270 g/mol. The van der Waals surface area contributed by atoms with Gasteiger partial charge < -0.3 is 18.9 Å². The lowest BCUT2D eigenvalue weighted by Gasteiger charge is -2.10. The molecule has 3 rings (SSSR count). The standard InChI is InChI=1S/C15H14N2O3/c1-18-14-7-11(17-8-12-3-2-6-19-12)4-5-13(14)15-9-16-10-20-15/h2-7,9-10,17H,8H2,1H3. The van der Waals surface area contributed by atoms with Crippen LogP contribution < -0.4 is 10.1 Å². The van der Waals surface area contributed by atoms with E-state index < -0.39 is 0 Å². The van der Waals surface area contributed by atoms with Crippen LogP contribution in [-0.4, -0.2) is 12.1 Å². The Hall–Kier alpha value is -2.69. The molecule has 3 aromatic rings. The van der Waals surface area contributed by atoms with Gasteiger partial charge in [-0.25, -0.2) is 4.98 Å². The molecule has 0 atom stereocenters. The van der Waals surface area contributed by atoms with E-state index in [2.05, 4.69) is 10.3 Å². The molecule has 0 aliphatic carbocycles. The lowest BCUT2D eigenvalue weighted by atomic mass is 10.1. The summed E-state index contributed by atoms with van der Waals surface area (Å²) in [5.41, 5.74) is 1.81. The lowest BCUT2D eigenvalue weighted by molar-refractivity contribution is 0.414. The second-order valence-corrected chi connectivity index (χ2v) is 4.21. The fourth-order valence-corrected chi connectivity index (χ4v) is 1.96. The Balaban J connectivity index is 1.80. The summed E-state index contributed by atoms with van der Waals surface area (Å²) in [6.45, 7) is 0.623. The molecule has 0 spiro atoms. The fourth-order valence-electron chi connectivity index (χ4n) is 1.96. The van der Waals surface area contributed by atoms with Gasteiger partial charge in [0.1, 0.15) is 11.5 Å². The van der Waals surface area contributed by atoms with Gasteiger partial charge in [-0.3, -0.25) is 0 Å². The highest BCUT2D eigenvalue weighted by atomic mass is 16.5. The smallest absolute Gasteiger partial charge is 0.181 e. The van der Waals surface area contributed by atoms with Gasteiger partial charge in [0.05, 0.1) is 31.7 Å². The van der Waals surface area contributed by atoms with Crippen molar-refractivity contribution in [2.24, 2.45) is 0 Å². The van der Waals surface area contributed by atoms with Crippen molar-refractivity contribution in [1.82, 2.24) is 4.98 Å². The zero-order chi connectivity index (χ0) is 13.8. The van der Waals surface area contributed by atoms with E-state index in [1.54, 1.807) is 19.6 Å². The van der Waals surface area contributed by atoms with E-state index in [1.807, 2.05) is 30.3 Å². The quantitative estimate of drug-likeness (QED) is 0.768. The van der Waals surface area contributed by atoms with E-state index in [4.69, 9.17) is 13.6 Å². The van der Waals surface area contributed by atoms with Crippen molar-refractivity contribution in [3.63, 3.8) is 0 Å². The Morgan fingerprint density at radius 2 is 2.20 bits per heavy atom. The first-order valence-corrected chi connectivity index (χ1v) is 6.20. The molecule has 2 aromatic heterocycles. The maximum atomic E-state index is 5.40. The summed E-state index contributed by atoms with van der Waals surface area (Å²) in [6, 6.07) is 9.60. The monoisotopic (exact) mass is 270 g/mol. The normalized spacial score (nSPS) is 10.4. The molecule has 0 bridgehead atoms. The van der Waals surface area contributed by atoms with E-state index in [0.29, 0.717) is 12.3 Å². The number of hydrogen-bond donors (Lipinski definition) is 1. The number of anilines is 1. The second-order valence-electron chi connectivity index (χ2n) is 4.21. The zero-order valence-corrected chi connectivity index (χ0v) is 11.0. The van der Waals surface area contributed by atoms with Crippen LogP contribution >= 0.6 is 0 Å². The number of oxazole rings is 1. The van der Waals surface area contributed by atoms with Crippen LogP contribution in [0.4, 0.5) is 5.69 Å². The van der Waals surface area contributed by atoms with Gasteiger partial charge in [0.15, 0.2) is 12.2 Å². The van der Waals surface area contributed by atoms with Crippen molar-refractivity contribution in [3.8, 4) is 17.1 Å². The van der Waals surface area contributed by atoms with Gasteiger partial charge in [-0.1, -0.05) is 0 Å². The van der Waals surface area contributed by atoms with Crippen molar-refractivity contribution < 1.29 is 13.6 Å². The van der Waals surface area contributed by atoms with Gasteiger partial charge in [-0.05, 0) is 24.3 Å². The van der Waals surface area contributed by atoms with E-state index in [9.17, 15) is 0 Å². The van der Waals surface area contributed by atoms with Crippen LogP contribution in [0.3, 0.4) is 0 Å². The summed E-state index contributed by atoms with van der Waals surface area (Å²) in [6.07, 6.45) is 4.72. The molecule has 2 heterocycles. The highest BCUT2D eigenvalue weighted by molar-refractivity contribution is 5.69. The third-order valence-corrected chi connectivity index (χ3v) is 2.95. The SMILES string of the molecule is COc1cc(NCc2ccco2)ccc1-c1cnco1. The molecule has 1 N–H and O–H groups in total. The first-order chi connectivity index (χ1) is 9.86. The number of ether oxygens (including phenoxy) is 1. The number of nitrogens with zero attached hydrogens (tertiary/aromatic N) is 1. The number of furan rings is 1. The van der Waals surface area contributed by atoms with E-state index >= 15 is 0 Å². The number of nitrogens with one attached hydrogen (secondary N) is 1. The summed E-state index contributed by atoms with van der Waals surface area (Å²) in [7, 11) is 1.63. The molecule has 1 aromatic carbocycles. The van der Waals surface area contributed by atoms with Gasteiger partial charge in [-0.15, -0.1) is 0 Å². The number of aromatic nitrogens is 1. The topological polar surface area (TPSA) is 60.4 Å². The van der Waals surface area contributed by atoms with E-state index in [0.717, 1.165) is 22.8 Å². The van der Waals surface area contributed by atoms with Crippen molar-refractivity contribution in [2.45, 2.75) is 6.54 Å². The summed E-state index contributed by atoms with van der Waals surface area (Å²) >= 11 is 0. The van der Waals surface area contributed by atoms with Gasteiger partial charge >= 0.3 is 0 Å². The van der Waals surface area contributed by atoms with Crippen molar-refractivity contribution in [1.29, 1.82) is 0 Å². The number of benzene rings is 1. The Labute approximate surface area is 116 Å². The lowest BCUT2D eigenvalue weighted by Crippen LogP contribution is -1.98. The van der Waals surface area contributed by atoms with Crippen LogP contribution in [0, 0.1) is 0 Å². The first kappa shape index (κ1) is 12.3. The molecule has 5 heteroatoms. The summed E-state index contributed by atoms with van der Waals surface area (Å²) < 4.78 is 16.0. The maximum absolute atomic E-state index is 5.40. The Morgan fingerprint density at radius 3 is 2.90 bits per heavy atom. The minimum Gasteiger partial charge on any atom is -0.496 e. The largest absolute Gasteiger partial charge is 0.496 e. The van der Waals surface area contributed by atoms with Crippen LogP contribution in [0.1, 0.15) is 5.76 Å². The van der Waals surface area contributed by atoms with Crippen molar-refractivity contribution >= 4 is 5.69 Å². The van der Waals surface area contributed by atoms with Gasteiger partial charge in [0.25, 0.3) is 0 Å². The Kier molecular flexibility index (Phi) is 3.41. The molecule has 0 aliphatic heterocycles. The van der Waals surface area contributed by atoms with Crippen LogP contribution in [0.15, 0.2) is 58.0 Å². The van der Waals surface area contributed by atoms with E-state index in [1.165, 1.54) is 6.39 Å². The fraction of sp³-hybridized carbons (Fsp3) is 0.133. The van der Waals surface area contributed by atoms with E-state index in [-0.39, 0.29) is 0 Å². The number of hydrogen-bond acceptors (Lipinski definition) is 5. The summed E-state index contributed by atoms with van der Waals surface area (Å²) in [5, 5.41) is 3.27. The number of rotatable bonds is 5. The average Bonchev–Trinajstić information content (AvgIpc) is 3.18. The molecule has 102 valence electrons. The van der Waals surface area contributed by atoms with Gasteiger partial charge in [0.2, 0.25) is 0 Å². The summed E-state index contributed by atoms with van der Waals surface area (Å²) in [5.74, 6) is 2.29. The molecule has 0 saturated heterocycles. The van der Waals surface area contributed by atoms with Gasteiger partial charge in [0, 0.05) is 11.8 Å². The third-order valence-electron chi connectivity index (χ3n) is 2.95. The molecule has 0 radical (unpaired) electrons. The molecule has 0 fully saturated rings. The molecule has 0 amide bonds. The predicted octanol–water partition coefficient (Wildman–Crippen LogP) is 3.56. The summed E-state index contributed by atoms with van der Waals surface area (Å²) in [4.78, 5) is 3.92. The predicted molar refractivity (Wildman–Crippen MR) is 74.5 cm³/mol. The zero-order valence-electron chi connectivity index (χ0n) is 11.0. The molecular formula is C15H14N2O3. The van der Waals surface area contributed by atoms with Crippen LogP contribution in [-0.2, 0) is 6.54 Å². The van der Waals surface area contributed by atoms with Crippen LogP contribution in [0.25, 0.3) is 11.3 Å². The molecule has 0 unspecified atom stereocenters. The molecule has 5 nitrogen and oxygen atoms in total. The maximum Gasteiger partial charge on any atom is 0.181 e. The highest BCUT2D eigenvalue weighted by Crippen LogP contribution is 2.32. The first-order valence-electron chi connectivity index (χ1n) is 6.20. The molecule has 0 saturated carbocycles. The second kappa shape index (κ2) is 5.52. The third kappa shape index (κ3) is 2.51. The minimum atomic E-state index is 0.623. The number of methoxy groups -OCH3 is 1. The van der Waals surface area contributed by atoms with Crippen molar-refractivity contribution in [3.05, 3.63) is 54.9 Å².